The average Bonchev–Trinajstić information content (AvgIpc) is 2.71. The van der Waals surface area contributed by atoms with Crippen LogP contribution < -0.4 is 5.73 Å². The molecule has 1 heterocycles. The zero-order chi connectivity index (χ0) is 11.7. The van der Waals surface area contributed by atoms with E-state index < -0.39 is 0 Å². The molecule has 1 aromatic carbocycles. The van der Waals surface area contributed by atoms with E-state index >= 15 is 0 Å². The van der Waals surface area contributed by atoms with Crippen molar-refractivity contribution < 1.29 is 0 Å². The predicted octanol–water partition coefficient (Wildman–Crippen LogP) is 3.64. The molecular formula is C10H9BrClN3S. The van der Waals surface area contributed by atoms with Crippen LogP contribution in [0.25, 0.3) is 10.6 Å². The fourth-order valence-electron chi connectivity index (χ4n) is 1.20. The highest BCUT2D eigenvalue weighted by molar-refractivity contribution is 9.10. The predicted molar refractivity (Wildman–Crippen MR) is 70.7 cm³/mol. The van der Waals surface area contributed by atoms with E-state index in [1.54, 1.807) is 0 Å². The van der Waals surface area contributed by atoms with Crippen LogP contribution in [-0.2, 0) is 0 Å². The normalized spacial score (nSPS) is 12.8. The van der Waals surface area contributed by atoms with Crippen molar-refractivity contribution in [1.82, 2.24) is 10.2 Å². The molecule has 0 aliphatic rings. The third kappa shape index (κ3) is 2.27. The smallest absolute Gasteiger partial charge is 0.149 e. The van der Waals surface area contributed by atoms with Gasteiger partial charge in [-0.2, -0.15) is 0 Å². The fraction of sp³-hybridized carbons (Fsp3) is 0.200. The maximum Gasteiger partial charge on any atom is 0.149 e. The summed E-state index contributed by atoms with van der Waals surface area (Å²) in [7, 11) is 0. The molecule has 0 spiro atoms. The number of halogens is 2. The number of nitrogens with two attached hydrogens (primary N) is 1. The summed E-state index contributed by atoms with van der Waals surface area (Å²) in [5, 5.41) is 10.4. The van der Waals surface area contributed by atoms with Crippen molar-refractivity contribution in [2.75, 3.05) is 0 Å². The fourth-order valence-corrected chi connectivity index (χ4v) is 2.66. The molecule has 84 valence electrons. The molecule has 1 aromatic heterocycles. The Morgan fingerprint density at radius 1 is 1.44 bits per heavy atom. The van der Waals surface area contributed by atoms with Crippen molar-refractivity contribution in [3.63, 3.8) is 0 Å². The summed E-state index contributed by atoms with van der Waals surface area (Å²) >= 11 is 11.0. The highest BCUT2D eigenvalue weighted by Crippen LogP contribution is 2.35. The molecule has 1 atom stereocenters. The highest BCUT2D eigenvalue weighted by Gasteiger charge is 2.13. The Morgan fingerprint density at radius 3 is 2.81 bits per heavy atom. The SMILES string of the molecule is CC(N)c1nnc(-c2cccc(Br)c2Cl)s1. The van der Waals surface area contributed by atoms with E-state index in [1.807, 2.05) is 25.1 Å². The van der Waals surface area contributed by atoms with Crippen LogP contribution >= 0.6 is 38.9 Å². The number of aromatic nitrogens is 2. The zero-order valence-electron chi connectivity index (χ0n) is 8.45. The van der Waals surface area contributed by atoms with E-state index in [-0.39, 0.29) is 6.04 Å². The van der Waals surface area contributed by atoms with Crippen LogP contribution in [0.3, 0.4) is 0 Å². The molecule has 0 saturated carbocycles. The van der Waals surface area contributed by atoms with Crippen molar-refractivity contribution in [2.24, 2.45) is 5.73 Å². The lowest BCUT2D eigenvalue weighted by Crippen LogP contribution is -2.03. The van der Waals surface area contributed by atoms with Gasteiger partial charge in [-0.1, -0.05) is 35.1 Å². The zero-order valence-corrected chi connectivity index (χ0v) is 11.6. The van der Waals surface area contributed by atoms with Crippen LogP contribution in [0.5, 0.6) is 0 Å². The Bertz CT molecular complexity index is 513. The van der Waals surface area contributed by atoms with E-state index in [4.69, 9.17) is 17.3 Å². The van der Waals surface area contributed by atoms with E-state index in [2.05, 4.69) is 26.1 Å². The maximum absolute atomic E-state index is 6.18. The summed E-state index contributed by atoms with van der Waals surface area (Å²) in [6, 6.07) is 5.62. The molecule has 0 radical (unpaired) electrons. The summed E-state index contributed by atoms with van der Waals surface area (Å²) in [6.07, 6.45) is 0. The summed E-state index contributed by atoms with van der Waals surface area (Å²) in [4.78, 5) is 0. The summed E-state index contributed by atoms with van der Waals surface area (Å²) in [6.45, 7) is 1.88. The minimum Gasteiger partial charge on any atom is -0.322 e. The van der Waals surface area contributed by atoms with Crippen LogP contribution in [0, 0.1) is 0 Å². The molecule has 0 amide bonds. The van der Waals surface area contributed by atoms with Crippen LogP contribution in [0.2, 0.25) is 5.02 Å². The van der Waals surface area contributed by atoms with Gasteiger partial charge in [-0.3, -0.25) is 0 Å². The summed E-state index contributed by atoms with van der Waals surface area (Å²) in [5.41, 5.74) is 6.61. The van der Waals surface area contributed by atoms with Gasteiger partial charge < -0.3 is 5.73 Å². The lowest BCUT2D eigenvalue weighted by atomic mass is 10.2. The largest absolute Gasteiger partial charge is 0.322 e. The number of hydrogen-bond acceptors (Lipinski definition) is 4. The Labute approximate surface area is 111 Å². The summed E-state index contributed by atoms with van der Waals surface area (Å²) < 4.78 is 0.851. The van der Waals surface area contributed by atoms with Crippen molar-refractivity contribution in [3.05, 3.63) is 32.7 Å². The van der Waals surface area contributed by atoms with E-state index in [0.29, 0.717) is 5.02 Å². The van der Waals surface area contributed by atoms with Gasteiger partial charge in [0.05, 0.1) is 11.1 Å². The van der Waals surface area contributed by atoms with Gasteiger partial charge in [0.15, 0.2) is 0 Å². The van der Waals surface area contributed by atoms with Gasteiger partial charge in [-0.05, 0) is 28.9 Å². The molecule has 1 unspecified atom stereocenters. The highest BCUT2D eigenvalue weighted by atomic mass is 79.9. The number of benzene rings is 1. The molecule has 0 fully saturated rings. The average molecular weight is 319 g/mol. The molecule has 0 aliphatic carbocycles. The molecule has 2 aromatic rings. The van der Waals surface area contributed by atoms with Gasteiger partial charge in [-0.25, -0.2) is 0 Å². The Balaban J connectivity index is 2.47. The Kier molecular flexibility index (Phi) is 3.59. The van der Waals surface area contributed by atoms with Crippen molar-refractivity contribution in [2.45, 2.75) is 13.0 Å². The third-order valence-corrected chi connectivity index (χ3v) is 4.47. The first-order chi connectivity index (χ1) is 7.59. The first-order valence-corrected chi connectivity index (χ1v) is 6.61. The first-order valence-electron chi connectivity index (χ1n) is 4.63. The monoisotopic (exact) mass is 317 g/mol. The molecule has 0 aliphatic heterocycles. The number of rotatable bonds is 2. The molecule has 6 heteroatoms. The van der Waals surface area contributed by atoms with Crippen LogP contribution in [0.1, 0.15) is 18.0 Å². The minimum atomic E-state index is -0.0998. The second-order valence-electron chi connectivity index (χ2n) is 3.34. The van der Waals surface area contributed by atoms with E-state index in [0.717, 1.165) is 20.1 Å². The first kappa shape index (κ1) is 12.0. The quantitative estimate of drug-likeness (QED) is 0.919. The maximum atomic E-state index is 6.18. The second kappa shape index (κ2) is 4.79. The van der Waals surface area contributed by atoms with Crippen molar-refractivity contribution in [3.8, 4) is 10.6 Å². The van der Waals surface area contributed by atoms with Gasteiger partial charge in [0.1, 0.15) is 10.0 Å². The van der Waals surface area contributed by atoms with Gasteiger partial charge >= 0.3 is 0 Å². The molecule has 3 nitrogen and oxygen atoms in total. The van der Waals surface area contributed by atoms with Crippen molar-refractivity contribution >= 4 is 38.9 Å². The van der Waals surface area contributed by atoms with Gasteiger partial charge in [0, 0.05) is 10.0 Å². The van der Waals surface area contributed by atoms with Gasteiger partial charge in [0.25, 0.3) is 0 Å². The lowest BCUT2D eigenvalue weighted by Gasteiger charge is -2.01. The molecule has 0 bridgehead atoms. The standard InChI is InChI=1S/C10H9BrClN3S/c1-5(13)9-14-15-10(16-9)6-3-2-4-7(11)8(6)12/h2-5H,13H2,1H3. The van der Waals surface area contributed by atoms with E-state index in [1.165, 1.54) is 11.3 Å². The molecule has 0 saturated heterocycles. The molecule has 2 rings (SSSR count). The second-order valence-corrected chi connectivity index (χ2v) is 5.58. The van der Waals surface area contributed by atoms with Gasteiger partial charge in [0.2, 0.25) is 0 Å². The third-order valence-electron chi connectivity index (χ3n) is 2.01. The number of hydrogen-bond donors (Lipinski definition) is 1. The van der Waals surface area contributed by atoms with Crippen LogP contribution in [-0.4, -0.2) is 10.2 Å². The molecule has 16 heavy (non-hydrogen) atoms. The molecular weight excluding hydrogens is 310 g/mol. The van der Waals surface area contributed by atoms with E-state index in [9.17, 15) is 0 Å². The summed E-state index contributed by atoms with van der Waals surface area (Å²) in [5.74, 6) is 0. The van der Waals surface area contributed by atoms with Gasteiger partial charge in [-0.15, -0.1) is 10.2 Å². The topological polar surface area (TPSA) is 51.8 Å². The van der Waals surface area contributed by atoms with Crippen LogP contribution in [0.4, 0.5) is 0 Å². The minimum absolute atomic E-state index is 0.0998. The van der Waals surface area contributed by atoms with Crippen molar-refractivity contribution in [1.29, 1.82) is 0 Å². The Hall–Kier alpha value is -0.490. The van der Waals surface area contributed by atoms with Crippen LogP contribution in [0.15, 0.2) is 22.7 Å². The lowest BCUT2D eigenvalue weighted by molar-refractivity contribution is 0.786. The number of nitrogens with zero attached hydrogens (tertiary/aromatic N) is 2. The molecule has 2 N–H and O–H groups in total. The Morgan fingerprint density at radius 2 is 2.19 bits per heavy atom.